The van der Waals surface area contributed by atoms with Crippen LogP contribution in [-0.4, -0.2) is 29.4 Å². The van der Waals surface area contributed by atoms with Crippen LogP contribution in [0.4, 0.5) is 4.39 Å². The van der Waals surface area contributed by atoms with Gasteiger partial charge in [-0.1, -0.05) is 12.1 Å². The molecule has 1 unspecified atom stereocenters. The summed E-state index contributed by atoms with van der Waals surface area (Å²) in [6.45, 7) is 2.88. The van der Waals surface area contributed by atoms with Crippen molar-refractivity contribution in [1.82, 2.24) is 10.2 Å². The smallest absolute Gasteiger partial charge is 0.240 e. The highest BCUT2D eigenvalue weighted by molar-refractivity contribution is 5.86. The Balaban J connectivity index is 1.85. The van der Waals surface area contributed by atoms with E-state index in [4.69, 9.17) is 0 Å². The topological polar surface area (TPSA) is 32.3 Å². The highest BCUT2D eigenvalue weighted by Gasteiger charge is 2.46. The molecule has 2 bridgehead atoms. The molecule has 2 aliphatic rings. The van der Waals surface area contributed by atoms with Gasteiger partial charge in [0.1, 0.15) is 5.82 Å². The van der Waals surface area contributed by atoms with Crippen LogP contribution < -0.4 is 5.32 Å². The molecule has 90 valence electrons. The first kappa shape index (κ1) is 10.7. The van der Waals surface area contributed by atoms with Crippen LogP contribution in [0.1, 0.15) is 24.9 Å². The lowest BCUT2D eigenvalue weighted by atomic mass is 10.1. The lowest BCUT2D eigenvalue weighted by Crippen LogP contribution is -2.48. The fraction of sp³-hybridized carbons (Fsp3) is 0.462. The minimum Gasteiger partial charge on any atom is -0.330 e. The predicted molar refractivity (Wildman–Crippen MR) is 61.9 cm³/mol. The Hall–Kier alpha value is -1.42. The standard InChI is InChI=1S/C13H15FN2O/c1-8(9-2-4-10(14)5-3-9)16-11-6-12(13(16)17)15-7-11/h2-5,8,11-12,15H,6-7H2,1H3/t8-,11-,12?/m0/s1. The predicted octanol–water partition coefficient (Wildman–Crippen LogP) is 1.46. The lowest BCUT2D eigenvalue weighted by molar-refractivity contribution is -0.134. The number of benzene rings is 1. The normalized spacial score (nSPS) is 28.8. The van der Waals surface area contributed by atoms with Crippen molar-refractivity contribution in [3.05, 3.63) is 35.6 Å². The molecule has 2 saturated heterocycles. The molecule has 1 aromatic carbocycles. The fourth-order valence-electron chi connectivity index (χ4n) is 2.89. The molecule has 1 aromatic rings. The number of nitrogens with one attached hydrogen (secondary N) is 1. The van der Waals surface area contributed by atoms with Gasteiger partial charge >= 0.3 is 0 Å². The Labute approximate surface area is 99.6 Å². The molecule has 3 atom stereocenters. The van der Waals surface area contributed by atoms with Crippen molar-refractivity contribution in [1.29, 1.82) is 0 Å². The molecule has 0 radical (unpaired) electrons. The number of likely N-dealkylation sites (tertiary alicyclic amines) is 1. The van der Waals surface area contributed by atoms with Crippen molar-refractivity contribution in [2.75, 3.05) is 6.54 Å². The second-order valence-corrected chi connectivity index (χ2v) is 4.82. The van der Waals surface area contributed by atoms with Gasteiger partial charge in [-0.25, -0.2) is 4.39 Å². The fourth-order valence-corrected chi connectivity index (χ4v) is 2.89. The van der Waals surface area contributed by atoms with E-state index in [2.05, 4.69) is 5.32 Å². The SMILES string of the molecule is C[C@@H](c1ccc(F)cc1)N1C(=O)C2C[C@H]1CN2. The first-order valence-electron chi connectivity index (χ1n) is 5.98. The molecular formula is C13H15FN2O. The van der Waals surface area contributed by atoms with Gasteiger partial charge in [-0.3, -0.25) is 4.79 Å². The van der Waals surface area contributed by atoms with E-state index < -0.39 is 0 Å². The summed E-state index contributed by atoms with van der Waals surface area (Å²) < 4.78 is 12.9. The van der Waals surface area contributed by atoms with Crippen LogP contribution in [0, 0.1) is 5.82 Å². The molecule has 4 heteroatoms. The van der Waals surface area contributed by atoms with Crippen LogP contribution in [0.3, 0.4) is 0 Å². The van der Waals surface area contributed by atoms with Crippen molar-refractivity contribution in [3.63, 3.8) is 0 Å². The Bertz CT molecular complexity index is 445. The maximum atomic E-state index is 12.9. The summed E-state index contributed by atoms with van der Waals surface area (Å²) in [4.78, 5) is 14.0. The number of carbonyl (C=O) groups is 1. The third-order valence-corrected chi connectivity index (χ3v) is 3.82. The van der Waals surface area contributed by atoms with E-state index in [9.17, 15) is 9.18 Å². The largest absolute Gasteiger partial charge is 0.330 e. The molecule has 3 rings (SSSR count). The van der Waals surface area contributed by atoms with Crippen LogP contribution in [0.2, 0.25) is 0 Å². The minimum atomic E-state index is -0.239. The molecule has 2 fully saturated rings. The van der Waals surface area contributed by atoms with Gasteiger partial charge in [0.05, 0.1) is 12.1 Å². The van der Waals surface area contributed by atoms with Gasteiger partial charge in [0.15, 0.2) is 0 Å². The van der Waals surface area contributed by atoms with Crippen LogP contribution in [0.15, 0.2) is 24.3 Å². The second-order valence-electron chi connectivity index (χ2n) is 4.82. The summed E-state index contributed by atoms with van der Waals surface area (Å²) in [5.41, 5.74) is 0.993. The van der Waals surface area contributed by atoms with E-state index in [1.807, 2.05) is 11.8 Å². The van der Waals surface area contributed by atoms with Gasteiger partial charge in [-0.2, -0.15) is 0 Å². The van der Waals surface area contributed by atoms with Gasteiger partial charge in [0.25, 0.3) is 0 Å². The Morgan fingerprint density at radius 3 is 2.71 bits per heavy atom. The molecule has 3 nitrogen and oxygen atoms in total. The zero-order valence-electron chi connectivity index (χ0n) is 9.69. The van der Waals surface area contributed by atoms with E-state index in [-0.39, 0.29) is 23.8 Å². The zero-order valence-corrected chi connectivity index (χ0v) is 9.69. The highest BCUT2D eigenvalue weighted by atomic mass is 19.1. The molecule has 2 heterocycles. The molecule has 0 spiro atoms. The zero-order chi connectivity index (χ0) is 12.0. The number of piperazine rings is 1. The highest BCUT2D eigenvalue weighted by Crippen LogP contribution is 2.33. The third-order valence-electron chi connectivity index (χ3n) is 3.82. The minimum absolute atomic E-state index is 0.00268. The van der Waals surface area contributed by atoms with Crippen molar-refractivity contribution >= 4 is 5.91 Å². The molecule has 0 aromatic heterocycles. The first-order chi connectivity index (χ1) is 8.16. The van der Waals surface area contributed by atoms with E-state index in [0.717, 1.165) is 18.5 Å². The summed E-state index contributed by atoms with van der Waals surface area (Å²) in [6.07, 6.45) is 0.907. The monoisotopic (exact) mass is 234 g/mol. The van der Waals surface area contributed by atoms with Crippen molar-refractivity contribution in [2.24, 2.45) is 0 Å². The van der Waals surface area contributed by atoms with Gasteiger partial charge in [-0.05, 0) is 31.0 Å². The first-order valence-corrected chi connectivity index (χ1v) is 5.98. The quantitative estimate of drug-likeness (QED) is 0.840. The Kier molecular flexibility index (Phi) is 2.40. The summed E-state index contributed by atoms with van der Waals surface area (Å²) in [5.74, 6) is -0.0602. The van der Waals surface area contributed by atoms with Crippen molar-refractivity contribution < 1.29 is 9.18 Å². The van der Waals surface area contributed by atoms with Gasteiger partial charge in [-0.15, -0.1) is 0 Å². The molecular weight excluding hydrogens is 219 g/mol. The summed E-state index contributed by atoms with van der Waals surface area (Å²) >= 11 is 0. The Morgan fingerprint density at radius 2 is 2.12 bits per heavy atom. The second kappa shape index (κ2) is 3.81. The van der Waals surface area contributed by atoms with Gasteiger partial charge in [0.2, 0.25) is 5.91 Å². The number of nitrogens with zero attached hydrogens (tertiary/aromatic N) is 1. The number of hydrogen-bond donors (Lipinski definition) is 1. The maximum absolute atomic E-state index is 12.9. The van der Waals surface area contributed by atoms with E-state index in [1.54, 1.807) is 12.1 Å². The number of rotatable bonds is 2. The van der Waals surface area contributed by atoms with E-state index in [1.165, 1.54) is 12.1 Å². The van der Waals surface area contributed by atoms with Crippen LogP contribution >= 0.6 is 0 Å². The van der Waals surface area contributed by atoms with Gasteiger partial charge in [0, 0.05) is 12.6 Å². The average Bonchev–Trinajstić information content (AvgIpc) is 2.89. The lowest BCUT2D eigenvalue weighted by Gasteiger charge is -2.33. The number of carbonyl (C=O) groups excluding carboxylic acids is 1. The molecule has 1 N–H and O–H groups in total. The molecule has 0 aliphatic carbocycles. The molecule has 2 aliphatic heterocycles. The summed E-state index contributed by atoms with van der Waals surface area (Å²) in [7, 11) is 0. The number of hydrogen-bond acceptors (Lipinski definition) is 2. The van der Waals surface area contributed by atoms with E-state index in [0.29, 0.717) is 6.04 Å². The van der Waals surface area contributed by atoms with Gasteiger partial charge < -0.3 is 10.2 Å². The average molecular weight is 234 g/mol. The maximum Gasteiger partial charge on any atom is 0.240 e. The number of halogens is 1. The molecule has 0 saturated carbocycles. The molecule has 17 heavy (non-hydrogen) atoms. The number of fused-ring (bicyclic) bond motifs is 2. The third kappa shape index (κ3) is 1.63. The number of amides is 1. The van der Waals surface area contributed by atoms with Crippen molar-refractivity contribution in [3.8, 4) is 0 Å². The van der Waals surface area contributed by atoms with Crippen LogP contribution in [0.25, 0.3) is 0 Å². The van der Waals surface area contributed by atoms with Crippen molar-refractivity contribution in [2.45, 2.75) is 31.5 Å². The van der Waals surface area contributed by atoms with E-state index >= 15 is 0 Å². The summed E-state index contributed by atoms with van der Waals surface area (Å²) in [5, 5.41) is 3.20. The Morgan fingerprint density at radius 1 is 1.41 bits per heavy atom. The van der Waals surface area contributed by atoms with Crippen LogP contribution in [-0.2, 0) is 4.79 Å². The van der Waals surface area contributed by atoms with Crippen LogP contribution in [0.5, 0.6) is 0 Å². The summed E-state index contributed by atoms with van der Waals surface area (Å²) in [6, 6.07) is 6.74. The molecule has 1 amide bonds.